The van der Waals surface area contributed by atoms with Crippen LogP contribution in [0.4, 0.5) is 0 Å². The topological polar surface area (TPSA) is 63.2 Å². The van der Waals surface area contributed by atoms with Gasteiger partial charge in [0.05, 0.1) is 4.90 Å². The van der Waals surface area contributed by atoms with Crippen LogP contribution in [0.1, 0.15) is 54.1 Å². The van der Waals surface area contributed by atoms with Gasteiger partial charge < -0.3 is 0 Å². The van der Waals surface area contributed by atoms with Crippen LogP contribution in [0.25, 0.3) is 6.08 Å². The highest BCUT2D eigenvalue weighted by Gasteiger charge is 2.19. The predicted octanol–water partition coefficient (Wildman–Crippen LogP) is 4.71. The molecule has 4 nitrogen and oxygen atoms in total. The van der Waals surface area contributed by atoms with Crippen LogP contribution < -0.4 is 4.72 Å². The van der Waals surface area contributed by atoms with E-state index in [2.05, 4.69) is 11.6 Å². The molecule has 0 aliphatic carbocycles. The molecule has 2 rings (SSSR count). The number of hydrogen-bond donors (Lipinski definition) is 1. The average molecular weight is 372 g/mol. The Morgan fingerprint density at radius 1 is 1.04 bits per heavy atom. The lowest BCUT2D eigenvalue weighted by Gasteiger charge is -2.09. The Morgan fingerprint density at radius 3 is 2.42 bits per heavy atom. The molecule has 0 aliphatic heterocycles. The van der Waals surface area contributed by atoms with Gasteiger partial charge in [-0.15, -0.1) is 0 Å². The maximum Gasteiger partial charge on any atom is 0.265 e. The van der Waals surface area contributed by atoms with Gasteiger partial charge in [0.15, 0.2) is 0 Å². The van der Waals surface area contributed by atoms with E-state index in [4.69, 9.17) is 0 Å². The van der Waals surface area contributed by atoms with Crippen LogP contribution in [0, 0.1) is 6.92 Å². The number of carbonyl (C=O) groups excluding carboxylic acids is 1. The van der Waals surface area contributed by atoms with Crippen LogP contribution in [0.15, 0.2) is 59.5 Å². The molecule has 0 aliphatic rings. The summed E-state index contributed by atoms with van der Waals surface area (Å²) >= 11 is 0. The van der Waals surface area contributed by atoms with Crippen molar-refractivity contribution in [3.05, 3.63) is 71.3 Å². The summed E-state index contributed by atoms with van der Waals surface area (Å²) in [4.78, 5) is 12.6. The first kappa shape index (κ1) is 19.9. The number of nitrogens with one attached hydrogen (secondary N) is 1. The van der Waals surface area contributed by atoms with Crippen molar-refractivity contribution in [2.24, 2.45) is 0 Å². The lowest BCUT2D eigenvalue weighted by Crippen LogP contribution is -2.31. The number of amides is 1. The largest absolute Gasteiger partial charge is 0.268 e. The molecule has 0 heterocycles. The highest BCUT2D eigenvalue weighted by molar-refractivity contribution is 7.90. The molecule has 0 saturated carbocycles. The Balaban J connectivity index is 2.15. The minimum atomic E-state index is -3.90. The van der Waals surface area contributed by atoms with E-state index in [0.29, 0.717) is 11.1 Å². The number of benzene rings is 2. The SMILES string of the molecule is CCCCC/C=C/c1ccccc1C(=O)NS(=O)(=O)c1ccc(C)cc1. The fourth-order valence-electron chi connectivity index (χ4n) is 2.52. The third-order valence-electron chi connectivity index (χ3n) is 4.04. The molecule has 138 valence electrons. The molecule has 0 atom stereocenters. The Labute approximate surface area is 156 Å². The van der Waals surface area contributed by atoms with Gasteiger partial charge >= 0.3 is 0 Å². The summed E-state index contributed by atoms with van der Waals surface area (Å²) in [5.41, 5.74) is 2.00. The number of allylic oxidation sites excluding steroid dienone is 1. The van der Waals surface area contributed by atoms with Crippen molar-refractivity contribution >= 4 is 22.0 Å². The van der Waals surface area contributed by atoms with E-state index in [0.717, 1.165) is 24.8 Å². The van der Waals surface area contributed by atoms with Crippen LogP contribution in [-0.4, -0.2) is 14.3 Å². The minimum absolute atomic E-state index is 0.0732. The standard InChI is InChI=1S/C21H25NO3S/c1-3-4-5-6-7-10-18-11-8-9-12-20(18)21(23)22-26(24,25)19-15-13-17(2)14-16-19/h7-16H,3-6H2,1-2H3,(H,22,23)/b10-7+. The van der Waals surface area contributed by atoms with Gasteiger partial charge in [-0.1, -0.05) is 67.8 Å². The summed E-state index contributed by atoms with van der Waals surface area (Å²) in [5.74, 6) is -0.626. The van der Waals surface area contributed by atoms with Crippen molar-refractivity contribution in [3.63, 3.8) is 0 Å². The average Bonchev–Trinajstić information content (AvgIpc) is 2.62. The maximum atomic E-state index is 12.5. The Kier molecular flexibility index (Phi) is 7.16. The van der Waals surface area contributed by atoms with Crippen molar-refractivity contribution < 1.29 is 13.2 Å². The molecule has 0 saturated heterocycles. The van der Waals surface area contributed by atoms with Crippen molar-refractivity contribution in [2.45, 2.75) is 44.4 Å². The Morgan fingerprint density at radius 2 is 1.73 bits per heavy atom. The molecule has 5 heteroatoms. The number of hydrogen-bond acceptors (Lipinski definition) is 3. The van der Waals surface area contributed by atoms with E-state index in [-0.39, 0.29) is 4.90 Å². The summed E-state index contributed by atoms with van der Waals surface area (Å²) in [5, 5.41) is 0. The van der Waals surface area contributed by atoms with E-state index < -0.39 is 15.9 Å². The monoisotopic (exact) mass is 371 g/mol. The number of sulfonamides is 1. The second kappa shape index (κ2) is 9.34. The molecule has 1 amide bonds. The van der Waals surface area contributed by atoms with E-state index in [1.807, 2.05) is 31.2 Å². The Hall–Kier alpha value is -2.40. The van der Waals surface area contributed by atoms with Crippen molar-refractivity contribution in [1.29, 1.82) is 0 Å². The van der Waals surface area contributed by atoms with E-state index in [9.17, 15) is 13.2 Å². The minimum Gasteiger partial charge on any atom is -0.268 e. The first-order valence-corrected chi connectivity index (χ1v) is 10.3. The van der Waals surface area contributed by atoms with Gasteiger partial charge in [0.2, 0.25) is 0 Å². The smallest absolute Gasteiger partial charge is 0.265 e. The second-order valence-electron chi connectivity index (χ2n) is 6.23. The molecule has 0 bridgehead atoms. The molecule has 1 N–H and O–H groups in total. The highest BCUT2D eigenvalue weighted by Crippen LogP contribution is 2.15. The molecule has 2 aromatic carbocycles. The van der Waals surface area contributed by atoms with E-state index >= 15 is 0 Å². The van der Waals surface area contributed by atoms with Crippen LogP contribution in [-0.2, 0) is 10.0 Å². The first-order valence-electron chi connectivity index (χ1n) is 8.83. The van der Waals surface area contributed by atoms with Gasteiger partial charge in [-0.2, -0.15) is 0 Å². The van der Waals surface area contributed by atoms with Gasteiger partial charge in [0.1, 0.15) is 0 Å². The third kappa shape index (κ3) is 5.56. The highest BCUT2D eigenvalue weighted by atomic mass is 32.2. The van der Waals surface area contributed by atoms with E-state index in [1.165, 1.54) is 18.6 Å². The van der Waals surface area contributed by atoms with Crippen LogP contribution >= 0.6 is 0 Å². The molecule has 0 aromatic heterocycles. The predicted molar refractivity (Wildman–Crippen MR) is 105 cm³/mol. The van der Waals surface area contributed by atoms with Gasteiger partial charge in [-0.25, -0.2) is 13.1 Å². The zero-order chi connectivity index (χ0) is 19.0. The summed E-state index contributed by atoms with van der Waals surface area (Å²) in [6.45, 7) is 4.02. The lowest BCUT2D eigenvalue weighted by molar-refractivity contribution is 0.0981. The lowest BCUT2D eigenvalue weighted by atomic mass is 10.1. The Bertz CT molecular complexity index is 868. The van der Waals surface area contributed by atoms with Crippen molar-refractivity contribution in [1.82, 2.24) is 4.72 Å². The van der Waals surface area contributed by atoms with E-state index in [1.54, 1.807) is 24.3 Å². The molecular weight excluding hydrogens is 346 g/mol. The molecule has 0 radical (unpaired) electrons. The molecule has 0 fully saturated rings. The molecular formula is C21H25NO3S. The summed E-state index contributed by atoms with van der Waals surface area (Å²) < 4.78 is 27.0. The fourth-order valence-corrected chi connectivity index (χ4v) is 3.49. The van der Waals surface area contributed by atoms with Crippen molar-refractivity contribution in [3.8, 4) is 0 Å². The number of aryl methyl sites for hydroxylation is 1. The normalized spacial score (nSPS) is 11.6. The molecule has 0 spiro atoms. The number of unbranched alkanes of at least 4 members (excludes halogenated alkanes) is 3. The maximum absolute atomic E-state index is 12.5. The van der Waals surface area contributed by atoms with Crippen molar-refractivity contribution in [2.75, 3.05) is 0 Å². The van der Waals surface area contributed by atoms with Gasteiger partial charge in [0.25, 0.3) is 15.9 Å². The molecule has 26 heavy (non-hydrogen) atoms. The summed E-state index contributed by atoms with van der Waals surface area (Å²) in [7, 11) is -3.90. The van der Waals surface area contributed by atoms with Gasteiger partial charge in [-0.3, -0.25) is 4.79 Å². The molecule has 2 aromatic rings. The zero-order valence-corrected chi connectivity index (χ0v) is 16.1. The number of carbonyl (C=O) groups is 1. The quantitative estimate of drug-likeness (QED) is 0.684. The first-order chi connectivity index (χ1) is 12.4. The van der Waals surface area contributed by atoms with Crippen LogP contribution in [0.2, 0.25) is 0 Å². The van der Waals surface area contributed by atoms with Gasteiger partial charge in [-0.05, 0) is 43.5 Å². The third-order valence-corrected chi connectivity index (χ3v) is 5.38. The second-order valence-corrected chi connectivity index (χ2v) is 7.92. The zero-order valence-electron chi connectivity index (χ0n) is 15.2. The van der Waals surface area contributed by atoms with Crippen LogP contribution in [0.5, 0.6) is 0 Å². The molecule has 0 unspecified atom stereocenters. The van der Waals surface area contributed by atoms with Gasteiger partial charge in [0, 0.05) is 5.56 Å². The summed E-state index contributed by atoms with van der Waals surface area (Å²) in [6.07, 6.45) is 8.26. The van der Waals surface area contributed by atoms with Crippen LogP contribution in [0.3, 0.4) is 0 Å². The summed E-state index contributed by atoms with van der Waals surface area (Å²) in [6, 6.07) is 13.4. The number of rotatable bonds is 8. The fraction of sp³-hybridized carbons (Fsp3) is 0.286.